The van der Waals surface area contributed by atoms with Crippen molar-refractivity contribution in [2.75, 3.05) is 31.2 Å². The third kappa shape index (κ3) is 3.86. The fourth-order valence-electron chi connectivity index (χ4n) is 5.87. The zero-order valence-corrected chi connectivity index (χ0v) is 15.0. The van der Waals surface area contributed by atoms with E-state index in [1.807, 2.05) is 35.2 Å². The lowest BCUT2D eigenvalue weighted by Gasteiger charge is -2.56. The number of ether oxygens (including phenoxy) is 1. The predicted molar refractivity (Wildman–Crippen MR) is 98.6 cm³/mol. The average molecular weight is 345 g/mol. The van der Waals surface area contributed by atoms with Gasteiger partial charge in [-0.1, -0.05) is 18.2 Å². The second kappa shape index (κ2) is 7.26. The molecule has 138 valence electrons. The second-order valence-corrected chi connectivity index (χ2v) is 8.57. The molecule has 0 spiro atoms. The molecule has 0 aromatic heterocycles. The van der Waals surface area contributed by atoms with E-state index in [1.165, 1.54) is 38.5 Å². The molecule has 1 unspecified atom stereocenters. The van der Waals surface area contributed by atoms with Crippen LogP contribution >= 0.6 is 0 Å². The van der Waals surface area contributed by atoms with Gasteiger partial charge in [-0.3, -0.25) is 0 Å². The van der Waals surface area contributed by atoms with Crippen LogP contribution in [0.5, 0.6) is 0 Å². The predicted octanol–water partition coefficient (Wildman–Crippen LogP) is 2.83. The van der Waals surface area contributed by atoms with Gasteiger partial charge < -0.3 is 19.8 Å². The van der Waals surface area contributed by atoms with Crippen LogP contribution in [-0.4, -0.2) is 48.2 Å². The number of para-hydroxylation sites is 1. The summed E-state index contributed by atoms with van der Waals surface area (Å²) in [6.07, 6.45) is 7.29. The third-order valence-corrected chi connectivity index (χ3v) is 6.49. The van der Waals surface area contributed by atoms with Gasteiger partial charge in [0.2, 0.25) is 0 Å². The lowest BCUT2D eigenvalue weighted by Crippen LogP contribution is -2.53. The van der Waals surface area contributed by atoms with Gasteiger partial charge in [-0.2, -0.15) is 0 Å². The van der Waals surface area contributed by atoms with Crippen LogP contribution in [-0.2, 0) is 4.74 Å². The molecular formula is C21H31NO3. The van der Waals surface area contributed by atoms with Gasteiger partial charge >= 0.3 is 0 Å². The van der Waals surface area contributed by atoms with Gasteiger partial charge in [-0.15, -0.1) is 0 Å². The van der Waals surface area contributed by atoms with Crippen LogP contribution in [0.25, 0.3) is 0 Å². The van der Waals surface area contributed by atoms with Crippen molar-refractivity contribution in [1.29, 1.82) is 0 Å². The van der Waals surface area contributed by atoms with Gasteiger partial charge in [-0.05, 0) is 68.4 Å². The molecule has 5 rings (SSSR count). The Morgan fingerprint density at radius 3 is 2.20 bits per heavy atom. The number of anilines is 1. The molecule has 0 heterocycles. The van der Waals surface area contributed by atoms with Crippen molar-refractivity contribution < 1.29 is 14.9 Å². The quantitative estimate of drug-likeness (QED) is 0.761. The molecule has 0 amide bonds. The highest BCUT2D eigenvalue weighted by Gasteiger charge is 2.51. The SMILES string of the molecule is OCCN(CC(O)COC12CC3CC(CC(C3)C1)C2)c1ccccc1. The average Bonchev–Trinajstić information content (AvgIpc) is 2.59. The van der Waals surface area contributed by atoms with E-state index >= 15 is 0 Å². The minimum atomic E-state index is -0.528. The van der Waals surface area contributed by atoms with Crippen molar-refractivity contribution in [3.8, 4) is 0 Å². The zero-order chi connectivity index (χ0) is 17.3. The molecule has 4 nitrogen and oxygen atoms in total. The molecule has 25 heavy (non-hydrogen) atoms. The fourth-order valence-corrected chi connectivity index (χ4v) is 5.87. The van der Waals surface area contributed by atoms with E-state index in [4.69, 9.17) is 4.74 Å². The van der Waals surface area contributed by atoms with Crippen molar-refractivity contribution in [3.63, 3.8) is 0 Å². The molecule has 2 N–H and O–H groups in total. The Kier molecular flexibility index (Phi) is 5.03. The first-order valence-corrected chi connectivity index (χ1v) is 9.89. The lowest BCUT2D eigenvalue weighted by molar-refractivity contribution is -0.174. The van der Waals surface area contributed by atoms with E-state index in [1.54, 1.807) is 0 Å². The van der Waals surface area contributed by atoms with Crippen molar-refractivity contribution in [3.05, 3.63) is 30.3 Å². The summed E-state index contributed by atoms with van der Waals surface area (Å²) in [6.45, 7) is 1.51. The van der Waals surface area contributed by atoms with Crippen LogP contribution in [0.15, 0.2) is 30.3 Å². The molecule has 4 bridgehead atoms. The van der Waals surface area contributed by atoms with Crippen molar-refractivity contribution in [2.24, 2.45) is 17.8 Å². The monoisotopic (exact) mass is 345 g/mol. The first kappa shape index (κ1) is 17.3. The van der Waals surface area contributed by atoms with Crippen molar-refractivity contribution >= 4 is 5.69 Å². The molecule has 0 aliphatic heterocycles. The van der Waals surface area contributed by atoms with E-state index in [2.05, 4.69) is 0 Å². The number of nitrogens with zero attached hydrogens (tertiary/aromatic N) is 1. The van der Waals surface area contributed by atoms with E-state index in [9.17, 15) is 10.2 Å². The molecule has 4 heteroatoms. The summed E-state index contributed by atoms with van der Waals surface area (Å²) in [5.41, 5.74) is 1.08. The Hall–Kier alpha value is -1.10. The summed E-state index contributed by atoms with van der Waals surface area (Å²) in [5.74, 6) is 2.58. The van der Waals surface area contributed by atoms with E-state index in [0.717, 1.165) is 23.4 Å². The van der Waals surface area contributed by atoms with Gasteiger partial charge in [0.05, 0.1) is 24.9 Å². The third-order valence-electron chi connectivity index (χ3n) is 6.49. The van der Waals surface area contributed by atoms with Gasteiger partial charge in [0.25, 0.3) is 0 Å². The highest BCUT2D eigenvalue weighted by Crippen LogP contribution is 2.57. The summed E-state index contributed by atoms with van der Waals surface area (Å²) in [5, 5.41) is 19.9. The Balaban J connectivity index is 1.33. The van der Waals surface area contributed by atoms with Crippen LogP contribution in [0.3, 0.4) is 0 Å². The van der Waals surface area contributed by atoms with Crippen LogP contribution < -0.4 is 4.90 Å². The maximum Gasteiger partial charge on any atom is 0.0948 e. The van der Waals surface area contributed by atoms with Crippen molar-refractivity contribution in [1.82, 2.24) is 0 Å². The Labute approximate surface area is 150 Å². The molecule has 1 aromatic rings. The maximum atomic E-state index is 10.6. The molecule has 0 radical (unpaired) electrons. The van der Waals surface area contributed by atoms with Crippen LogP contribution in [0, 0.1) is 17.8 Å². The molecule has 1 aromatic carbocycles. The topological polar surface area (TPSA) is 52.9 Å². The summed E-state index contributed by atoms with van der Waals surface area (Å²) >= 11 is 0. The van der Waals surface area contributed by atoms with E-state index in [0.29, 0.717) is 19.7 Å². The van der Waals surface area contributed by atoms with E-state index in [-0.39, 0.29) is 12.2 Å². The maximum absolute atomic E-state index is 10.6. The number of hydrogen-bond acceptors (Lipinski definition) is 4. The fraction of sp³-hybridized carbons (Fsp3) is 0.714. The molecule has 4 aliphatic rings. The van der Waals surface area contributed by atoms with Crippen molar-refractivity contribution in [2.45, 2.75) is 50.2 Å². The summed E-state index contributed by atoms with van der Waals surface area (Å²) in [6, 6.07) is 9.98. The molecular weight excluding hydrogens is 314 g/mol. The molecule has 0 saturated heterocycles. The van der Waals surface area contributed by atoms with Crippen LogP contribution in [0.4, 0.5) is 5.69 Å². The molecule has 4 aliphatic carbocycles. The second-order valence-electron chi connectivity index (χ2n) is 8.57. The first-order chi connectivity index (χ1) is 12.2. The van der Waals surface area contributed by atoms with Crippen LogP contribution in [0.1, 0.15) is 38.5 Å². The summed E-state index contributed by atoms with van der Waals surface area (Å²) < 4.78 is 6.38. The molecule has 4 saturated carbocycles. The van der Waals surface area contributed by atoms with Crippen LogP contribution in [0.2, 0.25) is 0 Å². The van der Waals surface area contributed by atoms with Gasteiger partial charge in [0.15, 0.2) is 0 Å². The smallest absolute Gasteiger partial charge is 0.0948 e. The van der Waals surface area contributed by atoms with Gasteiger partial charge in [0.1, 0.15) is 0 Å². The lowest BCUT2D eigenvalue weighted by atomic mass is 9.54. The van der Waals surface area contributed by atoms with Gasteiger partial charge in [0, 0.05) is 18.8 Å². The highest BCUT2D eigenvalue weighted by atomic mass is 16.5. The molecule has 1 atom stereocenters. The van der Waals surface area contributed by atoms with Gasteiger partial charge in [-0.25, -0.2) is 0 Å². The Bertz CT molecular complexity index is 526. The van der Waals surface area contributed by atoms with E-state index < -0.39 is 6.10 Å². The largest absolute Gasteiger partial charge is 0.395 e. The normalized spacial score (nSPS) is 34.2. The standard InChI is InChI=1S/C21H31NO3/c23-7-6-22(19-4-2-1-3-5-19)14-20(24)15-25-21-11-16-8-17(12-21)10-18(9-16)13-21/h1-5,16-18,20,23-24H,6-15H2. The highest BCUT2D eigenvalue weighted by molar-refractivity contribution is 5.46. The minimum Gasteiger partial charge on any atom is -0.395 e. The minimum absolute atomic E-state index is 0.0459. The number of aliphatic hydroxyl groups is 2. The Morgan fingerprint density at radius 2 is 1.64 bits per heavy atom. The summed E-state index contributed by atoms with van der Waals surface area (Å²) in [7, 11) is 0. The number of benzene rings is 1. The number of rotatable bonds is 8. The first-order valence-electron chi connectivity index (χ1n) is 9.89. The zero-order valence-electron chi connectivity index (χ0n) is 15.0. The summed E-state index contributed by atoms with van der Waals surface area (Å²) in [4.78, 5) is 2.04. The Morgan fingerprint density at radius 1 is 1.04 bits per heavy atom. The molecule has 4 fully saturated rings. The number of aliphatic hydroxyl groups excluding tert-OH is 2. The number of hydrogen-bond donors (Lipinski definition) is 2.